The minimum Gasteiger partial charge on any atom is -0.198 e. The van der Waals surface area contributed by atoms with Crippen LogP contribution in [0, 0.1) is 0 Å². The van der Waals surface area contributed by atoms with Gasteiger partial charge >= 0.3 is 0 Å². The van der Waals surface area contributed by atoms with Gasteiger partial charge in [0, 0.05) is 10.9 Å². The summed E-state index contributed by atoms with van der Waals surface area (Å²) in [5, 5.41) is 4.07. The summed E-state index contributed by atoms with van der Waals surface area (Å²) in [4.78, 5) is 11.5. The van der Waals surface area contributed by atoms with Crippen LogP contribution < -0.4 is 0 Å². The molecule has 0 atom stereocenters. The van der Waals surface area contributed by atoms with E-state index in [4.69, 9.17) is 23.2 Å². The molecule has 66 valence electrons. The molecule has 0 aromatic carbocycles. The van der Waals surface area contributed by atoms with Crippen molar-refractivity contribution >= 4 is 34.5 Å². The third-order valence-corrected chi connectivity index (χ3v) is 2.38. The Labute approximate surface area is 88.4 Å². The van der Waals surface area contributed by atoms with Crippen LogP contribution in [0.5, 0.6) is 0 Å². The summed E-state index contributed by atoms with van der Waals surface area (Å²) in [6.07, 6.45) is 0. The van der Waals surface area contributed by atoms with Gasteiger partial charge in [0.25, 0.3) is 0 Å². The number of halogens is 2. The molecular weight excluding hydrogens is 229 g/mol. The number of rotatable bonds is 1. The number of aromatic nitrogens is 3. The van der Waals surface area contributed by atoms with Crippen molar-refractivity contribution in [2.24, 2.45) is 0 Å². The molecule has 0 saturated heterocycles. The molecule has 0 unspecified atom stereocenters. The monoisotopic (exact) mass is 231 g/mol. The molecule has 0 bridgehead atoms. The van der Waals surface area contributed by atoms with E-state index in [2.05, 4.69) is 15.0 Å². The summed E-state index contributed by atoms with van der Waals surface area (Å²) in [7, 11) is 0. The number of hydrogen-bond donors (Lipinski definition) is 0. The SMILES string of the molecule is Clc1nc(Cl)nc(-c2ccsc2)n1. The first-order valence-corrected chi connectivity index (χ1v) is 5.05. The molecule has 0 aliphatic carbocycles. The van der Waals surface area contributed by atoms with Crippen LogP contribution in [0.4, 0.5) is 0 Å². The van der Waals surface area contributed by atoms with Gasteiger partial charge in [0.2, 0.25) is 10.6 Å². The van der Waals surface area contributed by atoms with Gasteiger partial charge in [-0.3, -0.25) is 0 Å². The lowest BCUT2D eigenvalue weighted by molar-refractivity contribution is 1.06. The smallest absolute Gasteiger partial charge is 0.198 e. The molecule has 0 amide bonds. The van der Waals surface area contributed by atoms with Crippen molar-refractivity contribution in [3.63, 3.8) is 0 Å². The maximum atomic E-state index is 5.62. The molecule has 0 radical (unpaired) electrons. The largest absolute Gasteiger partial charge is 0.227 e. The van der Waals surface area contributed by atoms with Gasteiger partial charge in [-0.25, -0.2) is 0 Å². The molecule has 0 fully saturated rings. The molecule has 13 heavy (non-hydrogen) atoms. The van der Waals surface area contributed by atoms with E-state index in [1.54, 1.807) is 11.3 Å². The Morgan fingerprint density at radius 3 is 2.31 bits per heavy atom. The van der Waals surface area contributed by atoms with E-state index in [1.807, 2.05) is 16.8 Å². The van der Waals surface area contributed by atoms with Crippen LogP contribution in [0.1, 0.15) is 0 Å². The van der Waals surface area contributed by atoms with Crippen molar-refractivity contribution in [1.29, 1.82) is 0 Å². The normalized spacial score (nSPS) is 10.3. The first-order valence-electron chi connectivity index (χ1n) is 3.35. The lowest BCUT2D eigenvalue weighted by Crippen LogP contribution is -1.92. The van der Waals surface area contributed by atoms with Gasteiger partial charge in [0.1, 0.15) is 0 Å². The number of thiophene rings is 1. The first kappa shape index (κ1) is 8.87. The van der Waals surface area contributed by atoms with E-state index in [9.17, 15) is 0 Å². The average molecular weight is 232 g/mol. The van der Waals surface area contributed by atoms with Gasteiger partial charge in [-0.1, -0.05) is 0 Å². The predicted octanol–water partition coefficient (Wildman–Crippen LogP) is 2.91. The molecule has 3 nitrogen and oxygen atoms in total. The maximum Gasteiger partial charge on any atom is 0.227 e. The highest BCUT2D eigenvalue weighted by molar-refractivity contribution is 7.08. The second kappa shape index (κ2) is 3.57. The molecule has 0 aliphatic heterocycles. The van der Waals surface area contributed by atoms with Crippen LogP contribution in [0.25, 0.3) is 11.4 Å². The highest BCUT2D eigenvalue weighted by Gasteiger charge is 2.05. The summed E-state index contributed by atoms with van der Waals surface area (Å²) in [5.74, 6) is 0.506. The van der Waals surface area contributed by atoms with Crippen molar-refractivity contribution < 1.29 is 0 Å². The Morgan fingerprint density at radius 2 is 1.77 bits per heavy atom. The first-order chi connectivity index (χ1) is 6.25. The highest BCUT2D eigenvalue weighted by Crippen LogP contribution is 2.20. The van der Waals surface area contributed by atoms with Crippen LogP contribution in [-0.2, 0) is 0 Å². The van der Waals surface area contributed by atoms with Crippen LogP contribution in [0.15, 0.2) is 16.8 Å². The number of hydrogen-bond acceptors (Lipinski definition) is 4. The molecule has 0 saturated carbocycles. The van der Waals surface area contributed by atoms with Crippen LogP contribution >= 0.6 is 34.5 Å². The van der Waals surface area contributed by atoms with Gasteiger partial charge in [-0.05, 0) is 34.6 Å². The van der Waals surface area contributed by atoms with E-state index in [0.717, 1.165) is 5.56 Å². The van der Waals surface area contributed by atoms with Gasteiger partial charge < -0.3 is 0 Å². The van der Waals surface area contributed by atoms with E-state index in [1.165, 1.54) is 0 Å². The summed E-state index contributed by atoms with van der Waals surface area (Å²) < 4.78 is 0. The second-order valence-corrected chi connectivity index (χ2v) is 3.67. The standard InChI is InChI=1S/C7H3Cl2N3S/c8-6-10-5(11-7(9)12-6)4-1-2-13-3-4/h1-3H. The maximum absolute atomic E-state index is 5.62. The average Bonchev–Trinajstić information content (AvgIpc) is 2.53. The Kier molecular flexibility index (Phi) is 2.44. The van der Waals surface area contributed by atoms with Gasteiger partial charge in [0.05, 0.1) is 0 Å². The fourth-order valence-corrected chi connectivity index (χ4v) is 1.84. The van der Waals surface area contributed by atoms with Gasteiger partial charge in [-0.15, -0.1) is 0 Å². The van der Waals surface area contributed by atoms with Crippen molar-refractivity contribution in [3.05, 3.63) is 27.4 Å². The van der Waals surface area contributed by atoms with Gasteiger partial charge in [-0.2, -0.15) is 26.3 Å². The van der Waals surface area contributed by atoms with Crippen molar-refractivity contribution in [3.8, 4) is 11.4 Å². The highest BCUT2D eigenvalue weighted by atomic mass is 35.5. The van der Waals surface area contributed by atoms with E-state index >= 15 is 0 Å². The van der Waals surface area contributed by atoms with E-state index in [0.29, 0.717) is 5.82 Å². The fraction of sp³-hybridized carbons (Fsp3) is 0. The summed E-state index contributed by atoms with van der Waals surface area (Å²) in [6, 6.07) is 1.90. The molecule has 2 rings (SSSR count). The van der Waals surface area contributed by atoms with E-state index < -0.39 is 0 Å². The predicted molar refractivity (Wildman–Crippen MR) is 53.2 cm³/mol. The molecule has 0 N–H and O–H groups in total. The zero-order chi connectivity index (χ0) is 9.26. The lowest BCUT2D eigenvalue weighted by atomic mass is 10.3. The summed E-state index contributed by atoms with van der Waals surface area (Å²) in [5.41, 5.74) is 0.899. The second-order valence-electron chi connectivity index (χ2n) is 2.21. The Hall–Kier alpha value is -0.710. The van der Waals surface area contributed by atoms with Crippen LogP contribution in [0.2, 0.25) is 10.6 Å². The summed E-state index contributed by atoms with van der Waals surface area (Å²) in [6.45, 7) is 0. The van der Waals surface area contributed by atoms with Crippen molar-refractivity contribution in [2.75, 3.05) is 0 Å². The van der Waals surface area contributed by atoms with Crippen molar-refractivity contribution in [1.82, 2.24) is 15.0 Å². The minimum atomic E-state index is 0.112. The lowest BCUT2D eigenvalue weighted by Gasteiger charge is -1.96. The van der Waals surface area contributed by atoms with Crippen molar-refractivity contribution in [2.45, 2.75) is 0 Å². The molecule has 0 aliphatic rings. The molecule has 2 heterocycles. The Bertz CT molecular complexity index is 395. The molecule has 6 heteroatoms. The Balaban J connectivity index is 2.53. The quantitative estimate of drug-likeness (QED) is 0.758. The van der Waals surface area contributed by atoms with Crippen LogP contribution in [-0.4, -0.2) is 15.0 Å². The zero-order valence-electron chi connectivity index (χ0n) is 6.24. The molecular formula is C7H3Cl2N3S. The molecule has 0 spiro atoms. The summed E-state index contributed by atoms with van der Waals surface area (Å²) >= 11 is 12.8. The fourth-order valence-electron chi connectivity index (χ4n) is 0.847. The van der Waals surface area contributed by atoms with Gasteiger partial charge in [0.15, 0.2) is 5.82 Å². The Morgan fingerprint density at radius 1 is 1.08 bits per heavy atom. The topological polar surface area (TPSA) is 38.7 Å². The molecule has 2 aromatic rings. The molecule has 2 aromatic heterocycles. The zero-order valence-corrected chi connectivity index (χ0v) is 8.57. The van der Waals surface area contributed by atoms with Crippen LogP contribution in [0.3, 0.4) is 0 Å². The third kappa shape index (κ3) is 1.96. The minimum absolute atomic E-state index is 0.112. The van der Waals surface area contributed by atoms with E-state index in [-0.39, 0.29) is 10.6 Å². The third-order valence-electron chi connectivity index (χ3n) is 1.36. The number of nitrogens with zero attached hydrogens (tertiary/aromatic N) is 3.